The van der Waals surface area contributed by atoms with Crippen LogP contribution in [0.25, 0.3) is 0 Å². The number of anilines is 1. The van der Waals surface area contributed by atoms with Gasteiger partial charge in [0.2, 0.25) is 15.9 Å². The molecule has 0 unspecified atom stereocenters. The van der Waals surface area contributed by atoms with Crippen LogP contribution in [-0.4, -0.2) is 25.9 Å². The first-order valence-electron chi connectivity index (χ1n) is 7.85. The third-order valence-corrected chi connectivity index (χ3v) is 5.39. The molecule has 2 heterocycles. The van der Waals surface area contributed by atoms with Gasteiger partial charge in [-0.2, -0.15) is 0 Å². The quantitative estimate of drug-likeness (QED) is 0.900. The molecule has 2 aromatic rings. The number of amides is 1. The van der Waals surface area contributed by atoms with Crippen molar-refractivity contribution < 1.29 is 13.2 Å². The van der Waals surface area contributed by atoms with E-state index in [9.17, 15) is 13.2 Å². The van der Waals surface area contributed by atoms with Crippen molar-refractivity contribution in [1.29, 1.82) is 0 Å². The van der Waals surface area contributed by atoms with Crippen molar-refractivity contribution in [2.45, 2.75) is 30.7 Å². The Hall–Kier alpha value is -2.25. The molecule has 0 spiro atoms. The van der Waals surface area contributed by atoms with Crippen LogP contribution in [0.4, 0.5) is 5.69 Å². The predicted molar refractivity (Wildman–Crippen MR) is 90.9 cm³/mol. The van der Waals surface area contributed by atoms with Crippen molar-refractivity contribution in [3.05, 3.63) is 54.4 Å². The second kappa shape index (κ2) is 7.11. The van der Waals surface area contributed by atoms with Crippen LogP contribution in [0.15, 0.2) is 53.7 Å². The lowest BCUT2D eigenvalue weighted by Crippen LogP contribution is -2.35. The molecule has 6 nitrogen and oxygen atoms in total. The molecule has 0 atom stereocenters. The molecule has 1 saturated heterocycles. The Morgan fingerprint density at radius 3 is 2.58 bits per heavy atom. The van der Waals surface area contributed by atoms with Gasteiger partial charge in [-0.25, -0.2) is 13.1 Å². The van der Waals surface area contributed by atoms with Crippen LogP contribution in [0.5, 0.6) is 0 Å². The van der Waals surface area contributed by atoms with Crippen molar-refractivity contribution in [1.82, 2.24) is 9.71 Å². The summed E-state index contributed by atoms with van der Waals surface area (Å²) in [5.74, 6) is 0.0894. The molecule has 1 N–H and O–H groups in total. The van der Waals surface area contributed by atoms with Gasteiger partial charge in [-0.3, -0.25) is 9.78 Å². The van der Waals surface area contributed by atoms with E-state index >= 15 is 0 Å². The first kappa shape index (κ1) is 16.6. The second-order valence-electron chi connectivity index (χ2n) is 5.68. The van der Waals surface area contributed by atoms with E-state index in [2.05, 4.69) is 9.71 Å². The molecule has 1 aromatic heterocycles. The van der Waals surface area contributed by atoms with E-state index in [0.717, 1.165) is 24.1 Å². The number of nitrogens with one attached hydrogen (secondary N) is 1. The number of hydrogen-bond acceptors (Lipinski definition) is 4. The predicted octanol–water partition coefficient (Wildman–Crippen LogP) is 2.08. The monoisotopic (exact) mass is 345 g/mol. The largest absolute Gasteiger partial charge is 0.312 e. The Balaban J connectivity index is 1.71. The Morgan fingerprint density at radius 2 is 1.92 bits per heavy atom. The van der Waals surface area contributed by atoms with E-state index in [-0.39, 0.29) is 17.3 Å². The van der Waals surface area contributed by atoms with Crippen LogP contribution in [0.1, 0.15) is 24.8 Å². The zero-order valence-corrected chi connectivity index (χ0v) is 14.0. The highest BCUT2D eigenvalue weighted by Crippen LogP contribution is 2.22. The molecule has 1 aliphatic rings. The third-order valence-electron chi connectivity index (χ3n) is 3.97. The molecule has 1 aliphatic heterocycles. The highest BCUT2D eigenvalue weighted by molar-refractivity contribution is 7.89. The van der Waals surface area contributed by atoms with Gasteiger partial charge in [-0.15, -0.1) is 0 Å². The fourth-order valence-electron chi connectivity index (χ4n) is 2.65. The Bertz CT molecular complexity index is 805. The zero-order valence-electron chi connectivity index (χ0n) is 13.2. The van der Waals surface area contributed by atoms with Crippen molar-refractivity contribution in [3.63, 3.8) is 0 Å². The molecule has 0 aliphatic carbocycles. The third kappa shape index (κ3) is 3.80. The van der Waals surface area contributed by atoms with Crippen LogP contribution in [0.3, 0.4) is 0 Å². The summed E-state index contributed by atoms with van der Waals surface area (Å²) in [4.78, 5) is 17.8. The molecule has 1 fully saturated rings. The van der Waals surface area contributed by atoms with E-state index in [1.165, 1.54) is 12.1 Å². The fraction of sp³-hybridized carbons (Fsp3) is 0.294. The Kier molecular flexibility index (Phi) is 4.92. The number of aromatic nitrogens is 1. The summed E-state index contributed by atoms with van der Waals surface area (Å²) >= 11 is 0. The van der Waals surface area contributed by atoms with E-state index in [1.807, 2.05) is 0 Å². The van der Waals surface area contributed by atoms with Crippen LogP contribution < -0.4 is 9.62 Å². The molecule has 24 heavy (non-hydrogen) atoms. The van der Waals surface area contributed by atoms with E-state index < -0.39 is 10.0 Å². The van der Waals surface area contributed by atoms with Gasteiger partial charge in [0, 0.05) is 37.6 Å². The maximum atomic E-state index is 12.3. The summed E-state index contributed by atoms with van der Waals surface area (Å²) < 4.78 is 27.2. The Morgan fingerprint density at radius 1 is 1.12 bits per heavy atom. The van der Waals surface area contributed by atoms with Crippen LogP contribution in [-0.2, 0) is 21.4 Å². The number of sulfonamides is 1. The Labute approximate surface area is 141 Å². The van der Waals surface area contributed by atoms with Crippen LogP contribution in [0.2, 0.25) is 0 Å². The number of benzene rings is 1. The summed E-state index contributed by atoms with van der Waals surface area (Å²) in [5.41, 5.74) is 1.53. The lowest BCUT2D eigenvalue weighted by Gasteiger charge is -2.26. The van der Waals surface area contributed by atoms with Gasteiger partial charge in [0.25, 0.3) is 0 Å². The van der Waals surface area contributed by atoms with Gasteiger partial charge in [0.15, 0.2) is 0 Å². The lowest BCUT2D eigenvalue weighted by molar-refractivity contribution is -0.119. The number of pyridine rings is 1. The SMILES string of the molecule is O=C1CCCCN1c1ccc(S(=O)(=O)NCc2cccnc2)cc1. The van der Waals surface area contributed by atoms with E-state index in [4.69, 9.17) is 0 Å². The topological polar surface area (TPSA) is 79.4 Å². The first-order chi connectivity index (χ1) is 11.6. The minimum atomic E-state index is -3.60. The molecule has 0 bridgehead atoms. The summed E-state index contributed by atoms with van der Waals surface area (Å²) in [7, 11) is -3.60. The average Bonchev–Trinajstić information content (AvgIpc) is 2.62. The van der Waals surface area contributed by atoms with Crippen LogP contribution >= 0.6 is 0 Å². The number of hydrogen-bond donors (Lipinski definition) is 1. The van der Waals surface area contributed by atoms with Gasteiger partial charge < -0.3 is 4.90 Å². The zero-order chi connectivity index (χ0) is 17.0. The van der Waals surface area contributed by atoms with Crippen LogP contribution in [0, 0.1) is 0 Å². The molecular weight excluding hydrogens is 326 g/mol. The second-order valence-corrected chi connectivity index (χ2v) is 7.45. The van der Waals surface area contributed by atoms with Crippen molar-refractivity contribution >= 4 is 21.6 Å². The lowest BCUT2D eigenvalue weighted by atomic mass is 10.1. The minimum absolute atomic E-state index is 0.0894. The summed E-state index contributed by atoms with van der Waals surface area (Å²) in [6.07, 6.45) is 5.69. The molecule has 1 amide bonds. The average molecular weight is 345 g/mol. The molecule has 0 radical (unpaired) electrons. The number of piperidine rings is 1. The van der Waals surface area contributed by atoms with E-state index in [0.29, 0.717) is 13.0 Å². The fourth-order valence-corrected chi connectivity index (χ4v) is 3.67. The molecular formula is C17H19N3O3S. The molecule has 126 valence electrons. The first-order valence-corrected chi connectivity index (χ1v) is 9.33. The summed E-state index contributed by atoms with van der Waals surface area (Å²) in [6.45, 7) is 0.868. The highest BCUT2D eigenvalue weighted by Gasteiger charge is 2.20. The molecule has 0 saturated carbocycles. The molecule has 1 aromatic carbocycles. The standard InChI is InChI=1S/C17H19N3O3S/c21-17-5-1-2-11-20(17)15-6-8-16(9-7-15)24(22,23)19-13-14-4-3-10-18-12-14/h3-4,6-10,12,19H,1-2,5,11,13H2. The number of carbonyl (C=O) groups is 1. The number of nitrogens with zero attached hydrogens (tertiary/aromatic N) is 2. The van der Waals surface area contributed by atoms with Crippen molar-refractivity contribution in [2.75, 3.05) is 11.4 Å². The summed E-state index contributed by atoms with van der Waals surface area (Å²) in [5, 5.41) is 0. The smallest absolute Gasteiger partial charge is 0.240 e. The van der Waals surface area contributed by atoms with E-state index in [1.54, 1.807) is 41.6 Å². The number of carbonyl (C=O) groups excluding carboxylic acids is 1. The van der Waals surface area contributed by atoms with Gasteiger partial charge >= 0.3 is 0 Å². The van der Waals surface area contributed by atoms with Gasteiger partial charge in [0.1, 0.15) is 0 Å². The van der Waals surface area contributed by atoms with Gasteiger partial charge in [0.05, 0.1) is 4.90 Å². The number of rotatable bonds is 5. The molecule has 7 heteroatoms. The maximum Gasteiger partial charge on any atom is 0.240 e. The highest BCUT2D eigenvalue weighted by atomic mass is 32.2. The van der Waals surface area contributed by atoms with Crippen molar-refractivity contribution in [2.24, 2.45) is 0 Å². The summed E-state index contributed by atoms with van der Waals surface area (Å²) in [6, 6.07) is 9.99. The normalized spacial score (nSPS) is 15.5. The van der Waals surface area contributed by atoms with Gasteiger partial charge in [-0.05, 0) is 48.7 Å². The van der Waals surface area contributed by atoms with Gasteiger partial charge in [-0.1, -0.05) is 6.07 Å². The molecule has 3 rings (SSSR count). The maximum absolute atomic E-state index is 12.3. The van der Waals surface area contributed by atoms with Crippen molar-refractivity contribution in [3.8, 4) is 0 Å². The minimum Gasteiger partial charge on any atom is -0.312 e.